The van der Waals surface area contributed by atoms with Crippen molar-refractivity contribution in [2.24, 2.45) is 0 Å². The van der Waals surface area contributed by atoms with E-state index < -0.39 is 0 Å². The molecule has 0 saturated carbocycles. The molecule has 0 spiro atoms. The van der Waals surface area contributed by atoms with Crippen molar-refractivity contribution in [3.8, 4) is 11.5 Å². The molecular formula is C15H15N3O3S2. The molecule has 0 saturated heterocycles. The van der Waals surface area contributed by atoms with Gasteiger partial charge in [-0.1, -0.05) is 35.2 Å². The third-order valence-electron chi connectivity index (χ3n) is 3.06. The summed E-state index contributed by atoms with van der Waals surface area (Å²) in [6.07, 6.45) is 2.80. The van der Waals surface area contributed by atoms with Gasteiger partial charge >= 0.3 is 0 Å². The summed E-state index contributed by atoms with van der Waals surface area (Å²) in [6.45, 7) is 3.91. The van der Waals surface area contributed by atoms with Crippen LogP contribution in [0.25, 0.3) is 0 Å². The van der Waals surface area contributed by atoms with Gasteiger partial charge in [-0.3, -0.25) is 4.79 Å². The lowest BCUT2D eigenvalue weighted by Crippen LogP contribution is -2.12. The van der Waals surface area contributed by atoms with Gasteiger partial charge in [0.05, 0.1) is 0 Å². The van der Waals surface area contributed by atoms with E-state index in [0.29, 0.717) is 18.0 Å². The summed E-state index contributed by atoms with van der Waals surface area (Å²) >= 11 is 2.90. The Morgan fingerprint density at radius 3 is 3.13 bits per heavy atom. The van der Waals surface area contributed by atoms with Gasteiger partial charge < -0.3 is 14.8 Å². The largest absolute Gasteiger partial charge is 0.454 e. The minimum absolute atomic E-state index is 0.0842. The molecule has 1 amide bonds. The number of hydrogen-bond donors (Lipinski definition) is 1. The van der Waals surface area contributed by atoms with Gasteiger partial charge in [0.2, 0.25) is 17.8 Å². The number of aryl methyl sites for hydroxylation is 1. The Kier molecular flexibility index (Phi) is 5.14. The van der Waals surface area contributed by atoms with Crippen molar-refractivity contribution in [2.75, 3.05) is 17.9 Å². The molecular weight excluding hydrogens is 334 g/mol. The fourth-order valence-corrected chi connectivity index (χ4v) is 3.51. The summed E-state index contributed by atoms with van der Waals surface area (Å²) in [7, 11) is 0. The highest BCUT2D eigenvalue weighted by molar-refractivity contribution is 8.01. The first-order valence-corrected chi connectivity index (χ1v) is 8.80. The van der Waals surface area contributed by atoms with Crippen LogP contribution >= 0.6 is 23.1 Å². The summed E-state index contributed by atoms with van der Waals surface area (Å²) in [5, 5.41) is 11.3. The normalized spacial score (nSPS) is 12.2. The fourth-order valence-electron chi connectivity index (χ4n) is 1.98. The van der Waals surface area contributed by atoms with Crippen molar-refractivity contribution in [1.82, 2.24) is 10.2 Å². The number of anilines is 1. The number of amides is 1. The summed E-state index contributed by atoms with van der Waals surface area (Å²) in [4.78, 5) is 12.0. The van der Waals surface area contributed by atoms with Crippen LogP contribution in [0.1, 0.15) is 12.0 Å². The van der Waals surface area contributed by atoms with E-state index in [1.165, 1.54) is 23.1 Å². The number of carbonyl (C=O) groups excluding carboxylic acids is 1. The Bertz CT molecular complexity index is 718. The maximum Gasteiger partial charge on any atom is 0.231 e. The lowest BCUT2D eigenvalue weighted by atomic mass is 10.1. The summed E-state index contributed by atoms with van der Waals surface area (Å²) in [5.41, 5.74) is 1.03. The van der Waals surface area contributed by atoms with E-state index in [0.717, 1.165) is 27.2 Å². The van der Waals surface area contributed by atoms with E-state index in [9.17, 15) is 4.79 Å². The number of ether oxygens (including phenoxy) is 2. The number of aromatic nitrogens is 2. The third-order valence-corrected chi connectivity index (χ3v) is 5.02. The molecule has 0 atom stereocenters. The predicted octanol–water partition coefficient (Wildman–Crippen LogP) is 3.12. The van der Waals surface area contributed by atoms with E-state index in [-0.39, 0.29) is 12.7 Å². The molecule has 6 nitrogen and oxygen atoms in total. The molecule has 1 aromatic carbocycles. The molecule has 0 aliphatic carbocycles. The molecule has 1 aromatic heterocycles. The monoisotopic (exact) mass is 349 g/mol. The first-order valence-electron chi connectivity index (χ1n) is 7.00. The molecule has 23 heavy (non-hydrogen) atoms. The third kappa shape index (κ3) is 4.23. The predicted molar refractivity (Wildman–Crippen MR) is 90.3 cm³/mol. The number of nitrogens with one attached hydrogen (secondary N) is 1. The summed E-state index contributed by atoms with van der Waals surface area (Å²) < 4.78 is 11.4. The second-order valence-electron chi connectivity index (χ2n) is 4.71. The molecule has 2 aromatic rings. The number of nitrogens with zero attached hydrogens (tertiary/aromatic N) is 2. The second kappa shape index (κ2) is 7.47. The Labute approximate surface area is 141 Å². The average Bonchev–Trinajstić information content (AvgIpc) is 3.19. The lowest BCUT2D eigenvalue weighted by Gasteiger charge is -2.03. The molecule has 1 aliphatic rings. The van der Waals surface area contributed by atoms with Crippen LogP contribution in [-0.2, 0) is 11.2 Å². The highest BCUT2D eigenvalue weighted by atomic mass is 32.2. The van der Waals surface area contributed by atoms with E-state index in [1.807, 2.05) is 18.2 Å². The maximum absolute atomic E-state index is 12.0. The molecule has 0 radical (unpaired) electrons. The van der Waals surface area contributed by atoms with Crippen LogP contribution in [0.3, 0.4) is 0 Å². The van der Waals surface area contributed by atoms with Gasteiger partial charge in [-0.2, -0.15) is 0 Å². The molecule has 0 fully saturated rings. The molecule has 120 valence electrons. The van der Waals surface area contributed by atoms with E-state index in [2.05, 4.69) is 22.1 Å². The van der Waals surface area contributed by atoms with Crippen molar-refractivity contribution in [2.45, 2.75) is 17.2 Å². The zero-order valence-corrected chi connectivity index (χ0v) is 13.9. The van der Waals surface area contributed by atoms with Gasteiger partial charge in [0.15, 0.2) is 15.8 Å². The summed E-state index contributed by atoms with van der Waals surface area (Å²) in [6, 6.07) is 5.71. The van der Waals surface area contributed by atoms with Crippen LogP contribution in [0.5, 0.6) is 11.5 Å². The summed E-state index contributed by atoms with van der Waals surface area (Å²) in [5.74, 6) is 2.17. The first kappa shape index (κ1) is 15.8. The lowest BCUT2D eigenvalue weighted by molar-refractivity contribution is -0.116. The maximum atomic E-state index is 12.0. The van der Waals surface area contributed by atoms with E-state index in [1.54, 1.807) is 6.08 Å². The second-order valence-corrected chi connectivity index (χ2v) is 6.95. The van der Waals surface area contributed by atoms with Crippen molar-refractivity contribution in [1.29, 1.82) is 0 Å². The number of benzene rings is 1. The zero-order valence-electron chi connectivity index (χ0n) is 12.3. The Balaban J connectivity index is 1.49. The minimum Gasteiger partial charge on any atom is -0.454 e. The molecule has 1 aliphatic heterocycles. The van der Waals surface area contributed by atoms with Crippen molar-refractivity contribution in [3.63, 3.8) is 0 Å². The van der Waals surface area contributed by atoms with Crippen LogP contribution in [0.15, 0.2) is 35.2 Å². The Morgan fingerprint density at radius 1 is 1.39 bits per heavy atom. The number of carbonyl (C=O) groups is 1. The Morgan fingerprint density at radius 2 is 2.26 bits per heavy atom. The van der Waals surface area contributed by atoms with Crippen LogP contribution < -0.4 is 14.8 Å². The molecule has 3 rings (SSSR count). The molecule has 0 bridgehead atoms. The fraction of sp³-hybridized carbons (Fsp3) is 0.267. The molecule has 1 N–H and O–H groups in total. The van der Waals surface area contributed by atoms with Crippen molar-refractivity contribution >= 4 is 34.1 Å². The van der Waals surface area contributed by atoms with Crippen molar-refractivity contribution < 1.29 is 14.3 Å². The standard InChI is InChI=1S/C15H15N3O3S2/c1-2-7-22-15-18-17-14(23-15)16-13(19)6-4-10-3-5-11-12(8-10)21-9-20-11/h2-3,5,8H,1,4,6-7,9H2,(H,16,17,19). The molecule has 2 heterocycles. The highest BCUT2D eigenvalue weighted by Crippen LogP contribution is 2.32. The van der Waals surface area contributed by atoms with E-state index >= 15 is 0 Å². The van der Waals surface area contributed by atoms with Crippen LogP contribution in [-0.4, -0.2) is 28.7 Å². The number of thioether (sulfide) groups is 1. The highest BCUT2D eigenvalue weighted by Gasteiger charge is 2.14. The molecule has 8 heteroatoms. The van der Waals surface area contributed by atoms with Crippen molar-refractivity contribution in [3.05, 3.63) is 36.4 Å². The van der Waals surface area contributed by atoms with Crippen LogP contribution in [0, 0.1) is 0 Å². The first-order chi connectivity index (χ1) is 11.2. The average molecular weight is 349 g/mol. The van der Waals surface area contributed by atoms with Gasteiger partial charge in [-0.25, -0.2) is 0 Å². The number of fused-ring (bicyclic) bond motifs is 1. The van der Waals surface area contributed by atoms with Gasteiger partial charge in [0.25, 0.3) is 0 Å². The SMILES string of the molecule is C=CCSc1nnc(NC(=O)CCc2ccc3c(c2)OCO3)s1. The smallest absolute Gasteiger partial charge is 0.231 e. The van der Waals surface area contributed by atoms with Crippen LogP contribution in [0.2, 0.25) is 0 Å². The Hall–Kier alpha value is -2.06. The van der Waals surface area contributed by atoms with Gasteiger partial charge in [0.1, 0.15) is 0 Å². The van der Waals surface area contributed by atoms with Crippen LogP contribution in [0.4, 0.5) is 5.13 Å². The van der Waals surface area contributed by atoms with Gasteiger partial charge in [0, 0.05) is 12.2 Å². The quantitative estimate of drug-likeness (QED) is 0.470. The minimum atomic E-state index is -0.0842. The van der Waals surface area contributed by atoms with Gasteiger partial charge in [-0.15, -0.1) is 16.8 Å². The zero-order chi connectivity index (χ0) is 16.1. The number of rotatable bonds is 7. The number of hydrogen-bond acceptors (Lipinski definition) is 7. The van der Waals surface area contributed by atoms with Gasteiger partial charge in [-0.05, 0) is 24.1 Å². The molecule has 0 unspecified atom stereocenters. The van der Waals surface area contributed by atoms with E-state index in [4.69, 9.17) is 9.47 Å². The topological polar surface area (TPSA) is 73.3 Å².